The van der Waals surface area contributed by atoms with Gasteiger partial charge in [-0.15, -0.1) is 0 Å². The second-order valence-electron chi connectivity index (χ2n) is 3.37. The highest BCUT2D eigenvalue weighted by atomic mass is 79.9. The number of halogens is 2. The van der Waals surface area contributed by atoms with Crippen molar-refractivity contribution in [3.63, 3.8) is 0 Å². The first-order chi connectivity index (χ1) is 7.18. The van der Waals surface area contributed by atoms with Gasteiger partial charge in [0.25, 0.3) is 0 Å². The van der Waals surface area contributed by atoms with Crippen molar-refractivity contribution < 1.29 is 9.18 Å². The van der Waals surface area contributed by atoms with E-state index in [2.05, 4.69) is 21.2 Å². The molecule has 0 radical (unpaired) electrons. The normalized spacial score (nSPS) is 15.6. The lowest BCUT2D eigenvalue weighted by Gasteiger charge is -2.14. The van der Waals surface area contributed by atoms with Crippen LogP contribution in [-0.4, -0.2) is 24.0 Å². The third-order valence-corrected chi connectivity index (χ3v) is 2.95. The first kappa shape index (κ1) is 10.4. The summed E-state index contributed by atoms with van der Waals surface area (Å²) in [5.74, 6) is -0.294. The van der Waals surface area contributed by atoms with Crippen molar-refractivity contribution in [1.29, 1.82) is 0 Å². The molecule has 0 spiro atoms. The molecule has 80 valence electrons. The number of hydrogen-bond acceptors (Lipinski definition) is 1. The highest BCUT2D eigenvalue weighted by Gasteiger charge is 2.20. The maximum atomic E-state index is 13.6. The molecule has 1 aromatic rings. The van der Waals surface area contributed by atoms with Crippen LogP contribution in [0.1, 0.15) is 5.56 Å². The standard InChI is InChI=1S/C10H10BrFN2O/c11-8-3-1-2-7(9(8)12)6-14-5-4-13-10(14)15/h1-3H,4-6H2,(H,13,15). The van der Waals surface area contributed by atoms with Crippen LogP contribution in [0.4, 0.5) is 9.18 Å². The number of urea groups is 1. The van der Waals surface area contributed by atoms with Gasteiger partial charge in [0.15, 0.2) is 0 Å². The summed E-state index contributed by atoms with van der Waals surface area (Å²) in [5.41, 5.74) is 0.529. The molecular weight excluding hydrogens is 263 g/mol. The maximum absolute atomic E-state index is 13.6. The fraction of sp³-hybridized carbons (Fsp3) is 0.300. The van der Waals surface area contributed by atoms with Gasteiger partial charge < -0.3 is 10.2 Å². The zero-order valence-electron chi connectivity index (χ0n) is 7.96. The Kier molecular flexibility index (Phi) is 2.90. The van der Waals surface area contributed by atoms with E-state index < -0.39 is 0 Å². The molecule has 0 saturated carbocycles. The van der Waals surface area contributed by atoms with E-state index in [0.29, 0.717) is 29.7 Å². The van der Waals surface area contributed by atoms with Crippen molar-refractivity contribution in [2.24, 2.45) is 0 Å². The number of hydrogen-bond donors (Lipinski definition) is 1. The molecule has 1 saturated heterocycles. The van der Waals surface area contributed by atoms with Gasteiger partial charge in [0.2, 0.25) is 0 Å². The average Bonchev–Trinajstić information content (AvgIpc) is 2.60. The van der Waals surface area contributed by atoms with Gasteiger partial charge in [-0.25, -0.2) is 9.18 Å². The van der Waals surface area contributed by atoms with E-state index in [-0.39, 0.29) is 11.8 Å². The van der Waals surface area contributed by atoms with Crippen LogP contribution in [0.15, 0.2) is 22.7 Å². The minimum atomic E-state index is -0.294. The summed E-state index contributed by atoms with van der Waals surface area (Å²) < 4.78 is 14.0. The zero-order valence-corrected chi connectivity index (χ0v) is 9.55. The van der Waals surface area contributed by atoms with Crippen LogP contribution >= 0.6 is 15.9 Å². The monoisotopic (exact) mass is 272 g/mol. The number of nitrogens with one attached hydrogen (secondary N) is 1. The van der Waals surface area contributed by atoms with E-state index in [9.17, 15) is 9.18 Å². The Labute approximate surface area is 95.4 Å². The fourth-order valence-electron chi connectivity index (χ4n) is 1.54. The molecule has 1 aromatic carbocycles. The molecule has 1 aliphatic heterocycles. The minimum absolute atomic E-state index is 0.130. The Morgan fingerprint density at radius 2 is 2.33 bits per heavy atom. The van der Waals surface area contributed by atoms with Crippen molar-refractivity contribution >= 4 is 22.0 Å². The van der Waals surface area contributed by atoms with E-state index in [1.165, 1.54) is 0 Å². The molecule has 0 aromatic heterocycles. The smallest absolute Gasteiger partial charge is 0.317 e. The molecule has 0 bridgehead atoms. The highest BCUT2D eigenvalue weighted by molar-refractivity contribution is 9.10. The summed E-state index contributed by atoms with van der Waals surface area (Å²) in [6.07, 6.45) is 0. The van der Waals surface area contributed by atoms with Crippen molar-refractivity contribution in [2.45, 2.75) is 6.54 Å². The van der Waals surface area contributed by atoms with Crippen molar-refractivity contribution in [3.05, 3.63) is 34.1 Å². The largest absolute Gasteiger partial charge is 0.336 e. The first-order valence-electron chi connectivity index (χ1n) is 4.64. The summed E-state index contributed by atoms with van der Waals surface area (Å²) in [5, 5.41) is 2.68. The molecule has 0 atom stereocenters. The first-order valence-corrected chi connectivity index (χ1v) is 5.43. The van der Waals surface area contributed by atoms with Gasteiger partial charge in [-0.2, -0.15) is 0 Å². The second kappa shape index (κ2) is 4.18. The summed E-state index contributed by atoms with van der Waals surface area (Å²) in [6, 6.07) is 4.96. The third-order valence-electron chi connectivity index (χ3n) is 2.34. The van der Waals surface area contributed by atoms with Crippen LogP contribution in [0.2, 0.25) is 0 Å². The molecule has 1 heterocycles. The number of benzene rings is 1. The van der Waals surface area contributed by atoms with Gasteiger partial charge in [0, 0.05) is 18.7 Å². The second-order valence-corrected chi connectivity index (χ2v) is 4.22. The van der Waals surface area contributed by atoms with Crippen LogP contribution in [0.3, 0.4) is 0 Å². The van der Waals surface area contributed by atoms with Gasteiger partial charge >= 0.3 is 6.03 Å². The number of carbonyl (C=O) groups is 1. The molecule has 3 nitrogen and oxygen atoms in total. The molecule has 0 aliphatic carbocycles. The molecule has 1 aliphatic rings. The molecule has 15 heavy (non-hydrogen) atoms. The van der Waals surface area contributed by atoms with Crippen molar-refractivity contribution in [2.75, 3.05) is 13.1 Å². The molecule has 2 amide bonds. The number of carbonyl (C=O) groups excluding carboxylic acids is 1. The van der Waals surface area contributed by atoms with E-state index in [0.717, 1.165) is 0 Å². The lowest BCUT2D eigenvalue weighted by atomic mass is 10.2. The van der Waals surface area contributed by atoms with E-state index in [4.69, 9.17) is 0 Å². The Morgan fingerprint density at radius 3 is 3.00 bits per heavy atom. The highest BCUT2D eigenvalue weighted by Crippen LogP contribution is 2.20. The van der Waals surface area contributed by atoms with Gasteiger partial charge in [-0.1, -0.05) is 12.1 Å². The Balaban J connectivity index is 2.17. The number of rotatable bonds is 2. The van der Waals surface area contributed by atoms with Crippen LogP contribution in [-0.2, 0) is 6.54 Å². The van der Waals surface area contributed by atoms with Gasteiger partial charge in [0.1, 0.15) is 5.82 Å². The number of nitrogens with zero attached hydrogens (tertiary/aromatic N) is 1. The van der Waals surface area contributed by atoms with Crippen molar-refractivity contribution in [3.8, 4) is 0 Å². The quantitative estimate of drug-likeness (QED) is 0.879. The maximum Gasteiger partial charge on any atom is 0.317 e. The van der Waals surface area contributed by atoms with Gasteiger partial charge in [-0.05, 0) is 22.0 Å². The molecule has 0 unspecified atom stereocenters. The lowest BCUT2D eigenvalue weighted by molar-refractivity contribution is 0.215. The Morgan fingerprint density at radius 1 is 1.53 bits per heavy atom. The zero-order chi connectivity index (χ0) is 10.8. The van der Waals surface area contributed by atoms with Crippen molar-refractivity contribution in [1.82, 2.24) is 10.2 Å². The van der Waals surface area contributed by atoms with Crippen LogP contribution in [0, 0.1) is 5.82 Å². The van der Waals surface area contributed by atoms with E-state index in [1.54, 1.807) is 23.1 Å². The fourth-order valence-corrected chi connectivity index (χ4v) is 1.95. The summed E-state index contributed by atoms with van der Waals surface area (Å²) >= 11 is 3.12. The van der Waals surface area contributed by atoms with Gasteiger partial charge in [0.05, 0.1) is 11.0 Å². The average molecular weight is 273 g/mol. The molecular formula is C10H10BrFN2O. The molecule has 1 N–H and O–H groups in total. The summed E-state index contributed by atoms with van der Waals surface area (Å²) in [6.45, 7) is 1.58. The van der Waals surface area contributed by atoms with Gasteiger partial charge in [-0.3, -0.25) is 0 Å². The minimum Gasteiger partial charge on any atom is -0.336 e. The Hall–Kier alpha value is -1.10. The molecule has 2 rings (SSSR count). The SMILES string of the molecule is O=C1NCCN1Cc1cccc(Br)c1F. The topological polar surface area (TPSA) is 32.3 Å². The molecule has 1 fully saturated rings. The lowest BCUT2D eigenvalue weighted by Crippen LogP contribution is -2.27. The summed E-state index contributed by atoms with van der Waals surface area (Å²) in [4.78, 5) is 12.8. The predicted molar refractivity (Wildman–Crippen MR) is 57.9 cm³/mol. The van der Waals surface area contributed by atoms with Crippen LogP contribution in [0.5, 0.6) is 0 Å². The van der Waals surface area contributed by atoms with Crippen LogP contribution < -0.4 is 5.32 Å². The van der Waals surface area contributed by atoms with E-state index in [1.807, 2.05) is 0 Å². The predicted octanol–water partition coefficient (Wildman–Crippen LogP) is 2.11. The van der Waals surface area contributed by atoms with E-state index >= 15 is 0 Å². The molecule has 5 heteroatoms. The summed E-state index contributed by atoms with van der Waals surface area (Å²) in [7, 11) is 0. The number of amides is 2. The Bertz CT molecular complexity index is 397. The third kappa shape index (κ3) is 2.12. The van der Waals surface area contributed by atoms with Crippen LogP contribution in [0.25, 0.3) is 0 Å².